The fraction of sp³-hybridized carbons (Fsp3) is 0.0870. The number of ether oxygens (including phenoxy) is 1. The van der Waals surface area contributed by atoms with Gasteiger partial charge in [-0.2, -0.15) is 0 Å². The van der Waals surface area contributed by atoms with Crippen molar-refractivity contribution in [2.45, 2.75) is 11.4 Å². The summed E-state index contributed by atoms with van der Waals surface area (Å²) >= 11 is 6.09. The molecule has 7 nitrogen and oxygen atoms in total. The Morgan fingerprint density at radius 2 is 1.69 bits per heavy atom. The Labute approximate surface area is 189 Å². The Kier molecular flexibility index (Phi) is 6.07. The van der Waals surface area contributed by atoms with E-state index in [1.807, 2.05) is 30.3 Å². The van der Waals surface area contributed by atoms with E-state index in [-0.39, 0.29) is 15.6 Å². The maximum Gasteiger partial charge on any atom is 0.363 e. The standard InChI is InChI=1S/C23H19ClN2O5S/c1-30-20-12-11-16(13-18(20)24)32(28,29)26-22-21(25-14-15-7-3-2-4-8-15)17-9-5-6-10-19(17)31-23(22)27/h2-13,25-26H,14H2,1H3. The van der Waals surface area contributed by atoms with Crippen molar-refractivity contribution in [3.05, 3.63) is 93.8 Å². The number of anilines is 2. The molecule has 0 amide bonds. The predicted octanol–water partition coefficient (Wildman–Crippen LogP) is 4.87. The van der Waals surface area contributed by atoms with E-state index in [4.69, 9.17) is 20.8 Å². The van der Waals surface area contributed by atoms with E-state index < -0.39 is 15.6 Å². The molecule has 164 valence electrons. The molecule has 0 radical (unpaired) electrons. The summed E-state index contributed by atoms with van der Waals surface area (Å²) in [5.41, 5.74) is 0.585. The Morgan fingerprint density at radius 3 is 2.41 bits per heavy atom. The summed E-state index contributed by atoms with van der Waals surface area (Å²) in [5.74, 6) is 0.334. The fourth-order valence-corrected chi connectivity index (χ4v) is 4.63. The second-order valence-corrected chi connectivity index (χ2v) is 8.97. The third-order valence-electron chi connectivity index (χ3n) is 4.80. The van der Waals surface area contributed by atoms with E-state index in [2.05, 4.69) is 10.0 Å². The molecule has 4 aromatic rings. The highest BCUT2D eigenvalue weighted by atomic mass is 35.5. The Bertz CT molecular complexity index is 1440. The topological polar surface area (TPSA) is 97.6 Å². The molecule has 4 rings (SSSR count). The Hall–Kier alpha value is -3.49. The van der Waals surface area contributed by atoms with Crippen LogP contribution >= 0.6 is 11.6 Å². The highest BCUT2D eigenvalue weighted by Gasteiger charge is 2.22. The van der Waals surface area contributed by atoms with E-state index in [1.165, 1.54) is 25.3 Å². The van der Waals surface area contributed by atoms with Crippen LogP contribution in [-0.4, -0.2) is 15.5 Å². The third kappa shape index (κ3) is 4.42. The molecule has 1 heterocycles. The molecule has 0 bridgehead atoms. The van der Waals surface area contributed by atoms with Crippen LogP contribution in [0.3, 0.4) is 0 Å². The van der Waals surface area contributed by atoms with Crippen molar-refractivity contribution in [3.63, 3.8) is 0 Å². The molecular weight excluding hydrogens is 452 g/mol. The molecule has 0 unspecified atom stereocenters. The molecule has 0 spiro atoms. The fourth-order valence-electron chi connectivity index (χ4n) is 3.22. The van der Waals surface area contributed by atoms with Gasteiger partial charge in [0.05, 0.1) is 22.7 Å². The molecule has 0 atom stereocenters. The maximum atomic E-state index is 13.0. The first-order chi connectivity index (χ1) is 15.4. The second-order valence-electron chi connectivity index (χ2n) is 6.88. The molecule has 0 saturated heterocycles. The number of rotatable bonds is 7. The van der Waals surface area contributed by atoms with Gasteiger partial charge in [-0.3, -0.25) is 4.72 Å². The van der Waals surface area contributed by atoms with Crippen molar-refractivity contribution in [1.82, 2.24) is 0 Å². The lowest BCUT2D eigenvalue weighted by Gasteiger charge is -2.16. The summed E-state index contributed by atoms with van der Waals surface area (Å²) in [6.07, 6.45) is 0. The van der Waals surface area contributed by atoms with Crippen molar-refractivity contribution < 1.29 is 17.6 Å². The van der Waals surface area contributed by atoms with E-state index in [1.54, 1.807) is 24.3 Å². The first kappa shape index (κ1) is 21.7. The highest BCUT2D eigenvalue weighted by Crippen LogP contribution is 2.32. The van der Waals surface area contributed by atoms with Gasteiger partial charge in [0.15, 0.2) is 5.69 Å². The number of para-hydroxylation sites is 1. The first-order valence-electron chi connectivity index (χ1n) is 9.59. The van der Waals surface area contributed by atoms with Gasteiger partial charge in [0.25, 0.3) is 10.0 Å². The molecule has 0 saturated carbocycles. The lowest BCUT2D eigenvalue weighted by Crippen LogP contribution is -2.20. The highest BCUT2D eigenvalue weighted by molar-refractivity contribution is 7.92. The summed E-state index contributed by atoms with van der Waals surface area (Å²) in [6.45, 7) is 0.372. The summed E-state index contributed by atoms with van der Waals surface area (Å²) in [5, 5.41) is 3.88. The van der Waals surface area contributed by atoms with Gasteiger partial charge in [0, 0.05) is 11.9 Å². The molecule has 0 aliphatic carbocycles. The molecule has 0 fully saturated rings. The van der Waals surface area contributed by atoms with Crippen LogP contribution in [0.15, 0.2) is 86.9 Å². The first-order valence-corrected chi connectivity index (χ1v) is 11.4. The van der Waals surface area contributed by atoms with Gasteiger partial charge >= 0.3 is 5.63 Å². The number of hydrogen-bond acceptors (Lipinski definition) is 6. The van der Waals surface area contributed by atoms with Crippen LogP contribution in [0.2, 0.25) is 5.02 Å². The van der Waals surface area contributed by atoms with Crippen LogP contribution in [0.4, 0.5) is 11.4 Å². The van der Waals surface area contributed by atoms with Crippen molar-refractivity contribution >= 4 is 44.0 Å². The predicted molar refractivity (Wildman–Crippen MR) is 125 cm³/mol. The summed E-state index contributed by atoms with van der Waals surface area (Å²) in [7, 11) is -2.72. The molecule has 1 aromatic heterocycles. The van der Waals surface area contributed by atoms with Crippen LogP contribution in [0, 0.1) is 0 Å². The second kappa shape index (κ2) is 8.94. The molecule has 9 heteroatoms. The van der Waals surface area contributed by atoms with Crippen LogP contribution < -0.4 is 20.4 Å². The van der Waals surface area contributed by atoms with E-state index in [0.29, 0.717) is 29.0 Å². The number of hydrogen-bond donors (Lipinski definition) is 2. The minimum atomic E-state index is -4.15. The van der Waals surface area contributed by atoms with Crippen LogP contribution in [0.1, 0.15) is 5.56 Å². The monoisotopic (exact) mass is 470 g/mol. The lowest BCUT2D eigenvalue weighted by molar-refractivity contribution is 0.414. The van der Waals surface area contributed by atoms with E-state index >= 15 is 0 Å². The average molecular weight is 471 g/mol. The average Bonchev–Trinajstić information content (AvgIpc) is 2.79. The molecule has 0 aliphatic heterocycles. The van der Waals surface area contributed by atoms with Crippen molar-refractivity contribution in [1.29, 1.82) is 0 Å². The lowest BCUT2D eigenvalue weighted by atomic mass is 10.1. The molecule has 32 heavy (non-hydrogen) atoms. The van der Waals surface area contributed by atoms with Crippen molar-refractivity contribution in [2.75, 3.05) is 17.1 Å². The van der Waals surface area contributed by atoms with Crippen molar-refractivity contribution in [3.8, 4) is 5.75 Å². The van der Waals surface area contributed by atoms with Gasteiger partial charge in [-0.15, -0.1) is 0 Å². The van der Waals surface area contributed by atoms with Crippen LogP contribution in [0.25, 0.3) is 11.0 Å². The Balaban J connectivity index is 1.78. The number of methoxy groups -OCH3 is 1. The van der Waals surface area contributed by atoms with E-state index in [0.717, 1.165) is 5.56 Å². The number of sulfonamides is 1. The summed E-state index contributed by atoms with van der Waals surface area (Å²) < 4.78 is 38.9. The van der Waals surface area contributed by atoms with Gasteiger partial charge in [-0.05, 0) is 35.9 Å². The number of nitrogens with one attached hydrogen (secondary N) is 2. The Morgan fingerprint density at radius 1 is 0.969 bits per heavy atom. The molecule has 0 aliphatic rings. The van der Waals surface area contributed by atoms with E-state index in [9.17, 15) is 13.2 Å². The van der Waals surface area contributed by atoms with Gasteiger partial charge in [0.1, 0.15) is 11.3 Å². The van der Waals surface area contributed by atoms with Crippen LogP contribution in [0.5, 0.6) is 5.75 Å². The van der Waals surface area contributed by atoms with Crippen molar-refractivity contribution in [2.24, 2.45) is 0 Å². The largest absolute Gasteiger partial charge is 0.495 e. The van der Waals surface area contributed by atoms with Crippen LogP contribution in [-0.2, 0) is 16.6 Å². The molecule has 3 aromatic carbocycles. The zero-order valence-electron chi connectivity index (χ0n) is 17.0. The SMILES string of the molecule is COc1ccc(S(=O)(=O)Nc2c(NCc3ccccc3)c3ccccc3oc2=O)cc1Cl. The zero-order chi connectivity index (χ0) is 22.7. The van der Waals surface area contributed by atoms with Gasteiger partial charge in [-0.1, -0.05) is 54.1 Å². The minimum Gasteiger partial charge on any atom is -0.495 e. The third-order valence-corrected chi connectivity index (χ3v) is 6.44. The van der Waals surface area contributed by atoms with Gasteiger partial charge in [0.2, 0.25) is 0 Å². The van der Waals surface area contributed by atoms with Gasteiger partial charge < -0.3 is 14.5 Å². The number of halogens is 1. The van der Waals surface area contributed by atoms with Gasteiger partial charge in [-0.25, -0.2) is 13.2 Å². The number of fused-ring (bicyclic) bond motifs is 1. The smallest absolute Gasteiger partial charge is 0.363 e. The molecule has 2 N–H and O–H groups in total. The summed E-state index contributed by atoms with van der Waals surface area (Å²) in [6, 6.07) is 20.5. The maximum absolute atomic E-state index is 13.0. The quantitative estimate of drug-likeness (QED) is 0.374. The summed E-state index contributed by atoms with van der Waals surface area (Å²) in [4.78, 5) is 12.6. The number of benzene rings is 3. The zero-order valence-corrected chi connectivity index (χ0v) is 18.5. The molecular formula is C23H19ClN2O5S. The normalized spacial score (nSPS) is 11.3. The minimum absolute atomic E-state index is 0.120.